The summed E-state index contributed by atoms with van der Waals surface area (Å²) in [5, 5.41) is 2.91. The Hall–Kier alpha value is -0.650. The van der Waals surface area contributed by atoms with Crippen molar-refractivity contribution >= 4 is 5.91 Å². The smallest absolute Gasteiger partial charge is 0.235 e. The van der Waals surface area contributed by atoms with Gasteiger partial charge in [-0.2, -0.15) is 0 Å². The van der Waals surface area contributed by atoms with Crippen molar-refractivity contribution in [3.63, 3.8) is 0 Å². The van der Waals surface area contributed by atoms with E-state index in [0.717, 1.165) is 13.0 Å². The van der Waals surface area contributed by atoms with E-state index >= 15 is 0 Å². The van der Waals surface area contributed by atoms with Gasteiger partial charge in [0, 0.05) is 19.2 Å². The molecule has 5 nitrogen and oxygen atoms in total. The van der Waals surface area contributed by atoms with E-state index in [2.05, 4.69) is 17.1 Å². The zero-order chi connectivity index (χ0) is 11.4. The van der Waals surface area contributed by atoms with Crippen LogP contribution in [0.5, 0.6) is 0 Å². The molecule has 0 aromatic rings. The molecule has 3 unspecified atom stereocenters. The van der Waals surface area contributed by atoms with Gasteiger partial charge in [0.1, 0.15) is 0 Å². The van der Waals surface area contributed by atoms with Gasteiger partial charge in [-0.1, -0.05) is 0 Å². The summed E-state index contributed by atoms with van der Waals surface area (Å²) in [4.78, 5) is 13.2. The van der Waals surface area contributed by atoms with Crippen LogP contribution in [0.25, 0.3) is 0 Å². The Bertz CT molecular complexity index is 223. The number of rotatable bonds is 5. The maximum Gasteiger partial charge on any atom is 0.235 e. The molecule has 1 saturated heterocycles. The molecule has 3 atom stereocenters. The summed E-state index contributed by atoms with van der Waals surface area (Å²) in [5.41, 5.74) is 5.27. The monoisotopic (exact) mass is 215 g/mol. The molecule has 0 radical (unpaired) electrons. The third-order valence-corrected chi connectivity index (χ3v) is 3.06. The lowest BCUT2D eigenvalue weighted by Crippen LogP contribution is -2.50. The number of hydrogen-bond acceptors (Lipinski definition) is 4. The zero-order valence-corrected chi connectivity index (χ0v) is 9.69. The average molecular weight is 215 g/mol. The minimum Gasteiger partial charge on any atom is -0.377 e. The van der Waals surface area contributed by atoms with Crippen LogP contribution in [0.1, 0.15) is 13.3 Å². The minimum absolute atomic E-state index is 0.236. The predicted molar refractivity (Wildman–Crippen MR) is 58.5 cm³/mol. The average Bonchev–Trinajstić information content (AvgIpc) is 2.60. The summed E-state index contributed by atoms with van der Waals surface area (Å²) < 4.78 is 5.48. The van der Waals surface area contributed by atoms with Crippen molar-refractivity contribution in [2.75, 3.05) is 27.2 Å². The molecule has 1 fully saturated rings. The predicted octanol–water partition coefficient (Wildman–Crippen LogP) is -0.831. The van der Waals surface area contributed by atoms with Crippen molar-refractivity contribution in [3.05, 3.63) is 0 Å². The number of nitrogens with zero attached hydrogens (tertiary/aromatic N) is 1. The van der Waals surface area contributed by atoms with E-state index in [1.54, 1.807) is 7.05 Å². The molecule has 0 aromatic carbocycles. The number of ether oxygens (including phenoxy) is 1. The molecule has 0 saturated carbocycles. The molecule has 1 aliphatic heterocycles. The second-order valence-corrected chi connectivity index (χ2v) is 4.12. The fraction of sp³-hybridized carbons (Fsp3) is 0.900. The van der Waals surface area contributed by atoms with Crippen LogP contribution in [0.3, 0.4) is 0 Å². The van der Waals surface area contributed by atoms with E-state index in [4.69, 9.17) is 10.5 Å². The number of carbonyl (C=O) groups excluding carboxylic acids is 1. The van der Waals surface area contributed by atoms with Gasteiger partial charge in [-0.3, -0.25) is 9.69 Å². The minimum atomic E-state index is -0.309. The van der Waals surface area contributed by atoms with Gasteiger partial charge in [0.25, 0.3) is 0 Å². The first-order chi connectivity index (χ1) is 7.06. The van der Waals surface area contributed by atoms with Gasteiger partial charge in [-0.15, -0.1) is 0 Å². The lowest BCUT2D eigenvalue weighted by molar-refractivity contribution is -0.120. The molecule has 0 spiro atoms. The van der Waals surface area contributed by atoms with E-state index in [0.29, 0.717) is 12.6 Å². The SMILES string of the molecule is CNC(CN(C)C1CCOC1C)C(N)=O. The number of hydrogen-bond donors (Lipinski definition) is 2. The number of likely N-dealkylation sites (N-methyl/N-ethyl adjacent to an activating group) is 2. The topological polar surface area (TPSA) is 67.6 Å². The summed E-state index contributed by atoms with van der Waals surface area (Å²) in [6.07, 6.45) is 1.26. The van der Waals surface area contributed by atoms with Gasteiger partial charge < -0.3 is 15.8 Å². The molecule has 3 N–H and O–H groups in total. The molecular weight excluding hydrogens is 194 g/mol. The van der Waals surface area contributed by atoms with Gasteiger partial charge >= 0.3 is 0 Å². The zero-order valence-electron chi connectivity index (χ0n) is 9.69. The van der Waals surface area contributed by atoms with Gasteiger partial charge in [0.2, 0.25) is 5.91 Å². The normalized spacial score (nSPS) is 28.3. The van der Waals surface area contributed by atoms with Gasteiger partial charge in [0.05, 0.1) is 12.1 Å². The summed E-state index contributed by atoms with van der Waals surface area (Å²) in [7, 11) is 3.75. The van der Waals surface area contributed by atoms with Gasteiger partial charge in [-0.25, -0.2) is 0 Å². The van der Waals surface area contributed by atoms with Crippen LogP contribution in [0, 0.1) is 0 Å². The van der Waals surface area contributed by atoms with Crippen molar-refractivity contribution in [1.82, 2.24) is 10.2 Å². The second-order valence-electron chi connectivity index (χ2n) is 4.12. The Morgan fingerprint density at radius 3 is 2.80 bits per heavy atom. The Kier molecular flexibility index (Phi) is 4.50. The standard InChI is InChI=1S/C10H21N3O2/c1-7-9(4-5-15-7)13(3)6-8(12-2)10(11)14/h7-9,12H,4-6H2,1-3H3,(H2,11,14). The van der Waals surface area contributed by atoms with Crippen molar-refractivity contribution in [2.45, 2.75) is 31.5 Å². The van der Waals surface area contributed by atoms with E-state index < -0.39 is 0 Å². The van der Waals surface area contributed by atoms with E-state index in [1.807, 2.05) is 7.05 Å². The second kappa shape index (κ2) is 5.44. The Morgan fingerprint density at radius 2 is 2.40 bits per heavy atom. The Morgan fingerprint density at radius 1 is 1.73 bits per heavy atom. The molecule has 0 aliphatic carbocycles. The van der Waals surface area contributed by atoms with Crippen LogP contribution in [-0.4, -0.2) is 56.2 Å². The van der Waals surface area contributed by atoms with Crippen LogP contribution in [-0.2, 0) is 9.53 Å². The highest BCUT2D eigenvalue weighted by molar-refractivity contribution is 5.80. The summed E-state index contributed by atoms with van der Waals surface area (Å²) in [6.45, 7) is 3.49. The summed E-state index contributed by atoms with van der Waals surface area (Å²) >= 11 is 0. The molecule has 1 heterocycles. The molecule has 1 aliphatic rings. The largest absolute Gasteiger partial charge is 0.377 e. The first kappa shape index (κ1) is 12.4. The number of nitrogens with one attached hydrogen (secondary N) is 1. The lowest BCUT2D eigenvalue weighted by atomic mass is 10.1. The van der Waals surface area contributed by atoms with Crippen molar-refractivity contribution in [3.8, 4) is 0 Å². The highest BCUT2D eigenvalue weighted by atomic mass is 16.5. The molecule has 0 bridgehead atoms. The molecule has 88 valence electrons. The fourth-order valence-electron chi connectivity index (χ4n) is 2.05. The van der Waals surface area contributed by atoms with Crippen molar-refractivity contribution in [1.29, 1.82) is 0 Å². The number of primary amides is 1. The Labute approximate surface area is 90.9 Å². The highest BCUT2D eigenvalue weighted by Gasteiger charge is 2.29. The molecule has 1 amide bonds. The van der Waals surface area contributed by atoms with Crippen molar-refractivity contribution < 1.29 is 9.53 Å². The summed E-state index contributed by atoms with van der Waals surface area (Å²) in [6, 6.07) is 0.1000. The fourth-order valence-corrected chi connectivity index (χ4v) is 2.05. The van der Waals surface area contributed by atoms with Gasteiger partial charge in [0.15, 0.2) is 0 Å². The quantitative estimate of drug-likeness (QED) is 0.628. The third-order valence-electron chi connectivity index (χ3n) is 3.06. The van der Waals surface area contributed by atoms with E-state index in [1.165, 1.54) is 0 Å². The number of nitrogens with two attached hydrogens (primary N) is 1. The highest BCUT2D eigenvalue weighted by Crippen LogP contribution is 2.18. The summed E-state index contributed by atoms with van der Waals surface area (Å²) in [5.74, 6) is -0.309. The molecule has 5 heteroatoms. The Balaban J connectivity index is 2.46. The third kappa shape index (κ3) is 3.15. The maximum absolute atomic E-state index is 11.1. The number of carbonyl (C=O) groups is 1. The first-order valence-corrected chi connectivity index (χ1v) is 5.34. The molecule has 15 heavy (non-hydrogen) atoms. The van der Waals surface area contributed by atoms with Crippen LogP contribution in [0.15, 0.2) is 0 Å². The molecule has 0 aromatic heterocycles. The van der Waals surface area contributed by atoms with E-state index in [9.17, 15) is 4.79 Å². The van der Waals surface area contributed by atoms with Crippen LogP contribution in [0.4, 0.5) is 0 Å². The van der Waals surface area contributed by atoms with Gasteiger partial charge in [-0.05, 0) is 27.4 Å². The van der Waals surface area contributed by atoms with Crippen LogP contribution in [0.2, 0.25) is 0 Å². The van der Waals surface area contributed by atoms with E-state index in [-0.39, 0.29) is 18.1 Å². The molecular formula is C10H21N3O2. The van der Waals surface area contributed by atoms with Crippen molar-refractivity contribution in [2.24, 2.45) is 5.73 Å². The van der Waals surface area contributed by atoms with Crippen LogP contribution < -0.4 is 11.1 Å². The number of amides is 1. The first-order valence-electron chi connectivity index (χ1n) is 5.34. The lowest BCUT2D eigenvalue weighted by Gasteiger charge is -2.29. The van der Waals surface area contributed by atoms with Crippen LogP contribution >= 0.6 is 0 Å². The molecule has 1 rings (SSSR count). The maximum atomic E-state index is 11.1.